The summed E-state index contributed by atoms with van der Waals surface area (Å²) < 4.78 is 0. The fourth-order valence-corrected chi connectivity index (χ4v) is 3.00. The molecule has 2 amide bonds. The minimum atomic E-state index is -0.137. The van der Waals surface area contributed by atoms with Gasteiger partial charge in [0.1, 0.15) is 0 Å². The number of anilines is 2. The Balaban J connectivity index is 2.10. The largest absolute Gasteiger partial charge is 0.308 e. The molecule has 0 fully saturated rings. The fraction of sp³-hybridized carbons (Fsp3) is 0.150. The molecule has 5 heteroatoms. The maximum absolute atomic E-state index is 12.4. The lowest BCUT2D eigenvalue weighted by Gasteiger charge is -2.33. The third kappa shape index (κ3) is 3.02. The van der Waals surface area contributed by atoms with Crippen molar-refractivity contribution in [3.05, 3.63) is 65.7 Å². The van der Waals surface area contributed by atoms with Crippen molar-refractivity contribution < 1.29 is 9.59 Å². The first-order valence-corrected chi connectivity index (χ1v) is 7.91. The van der Waals surface area contributed by atoms with Gasteiger partial charge in [-0.25, -0.2) is 0 Å². The van der Waals surface area contributed by atoms with Crippen LogP contribution in [0.2, 0.25) is 0 Å². The normalized spacial score (nSPS) is 12.7. The molecule has 124 valence electrons. The van der Waals surface area contributed by atoms with Gasteiger partial charge in [-0.2, -0.15) is 5.26 Å². The zero-order chi connectivity index (χ0) is 18.0. The molecular weight excluding hydrogens is 314 g/mol. The van der Waals surface area contributed by atoms with Crippen molar-refractivity contribution in [2.75, 3.05) is 16.3 Å². The lowest BCUT2D eigenvalue weighted by molar-refractivity contribution is -0.116. The molecule has 0 atom stereocenters. The van der Waals surface area contributed by atoms with E-state index >= 15 is 0 Å². The number of rotatable bonds is 2. The zero-order valence-corrected chi connectivity index (χ0v) is 14.1. The van der Waals surface area contributed by atoms with Gasteiger partial charge in [0.15, 0.2) is 0 Å². The van der Waals surface area contributed by atoms with Crippen LogP contribution in [0.4, 0.5) is 11.4 Å². The molecule has 0 aromatic heterocycles. The Labute approximate surface area is 146 Å². The van der Waals surface area contributed by atoms with Crippen molar-refractivity contribution in [2.24, 2.45) is 0 Å². The van der Waals surface area contributed by atoms with E-state index in [9.17, 15) is 9.59 Å². The highest BCUT2D eigenvalue weighted by Crippen LogP contribution is 2.36. The number of nitriles is 1. The van der Waals surface area contributed by atoms with Crippen LogP contribution in [-0.2, 0) is 9.59 Å². The maximum atomic E-state index is 12.4. The molecule has 0 saturated carbocycles. The summed E-state index contributed by atoms with van der Waals surface area (Å²) in [5.41, 5.74) is 3.57. The minimum Gasteiger partial charge on any atom is -0.308 e. The third-order valence-electron chi connectivity index (χ3n) is 4.13. The monoisotopic (exact) mass is 331 g/mol. The maximum Gasteiger partial charge on any atom is 0.228 e. The quantitative estimate of drug-likeness (QED) is 0.848. The van der Waals surface area contributed by atoms with Crippen molar-refractivity contribution in [1.29, 1.82) is 5.26 Å². The van der Waals surface area contributed by atoms with E-state index in [-0.39, 0.29) is 11.8 Å². The van der Waals surface area contributed by atoms with Gasteiger partial charge in [0.05, 0.1) is 23.0 Å². The molecule has 0 bridgehead atoms. The van der Waals surface area contributed by atoms with Gasteiger partial charge in [-0.3, -0.25) is 14.5 Å². The summed E-state index contributed by atoms with van der Waals surface area (Å²) in [6, 6.07) is 16.5. The summed E-state index contributed by atoms with van der Waals surface area (Å²) in [7, 11) is 0. The molecule has 0 N–H and O–H groups in total. The fourth-order valence-electron chi connectivity index (χ4n) is 3.00. The van der Waals surface area contributed by atoms with E-state index in [4.69, 9.17) is 5.26 Å². The van der Waals surface area contributed by atoms with Gasteiger partial charge < -0.3 is 4.90 Å². The highest BCUT2D eigenvalue weighted by Gasteiger charge is 2.26. The van der Waals surface area contributed by atoms with E-state index < -0.39 is 0 Å². The molecule has 2 aromatic rings. The van der Waals surface area contributed by atoms with Crippen LogP contribution in [0, 0.1) is 11.3 Å². The summed E-state index contributed by atoms with van der Waals surface area (Å²) >= 11 is 0. The average molecular weight is 331 g/mol. The Morgan fingerprint density at radius 2 is 1.76 bits per heavy atom. The Morgan fingerprint density at radius 1 is 1.08 bits per heavy atom. The van der Waals surface area contributed by atoms with Crippen LogP contribution in [-0.4, -0.2) is 18.4 Å². The van der Waals surface area contributed by atoms with E-state index in [1.54, 1.807) is 34.1 Å². The van der Waals surface area contributed by atoms with Crippen LogP contribution in [0.15, 0.2) is 54.6 Å². The van der Waals surface area contributed by atoms with E-state index in [2.05, 4.69) is 6.07 Å². The third-order valence-corrected chi connectivity index (χ3v) is 4.13. The molecule has 0 unspecified atom stereocenters. The molecule has 0 saturated heterocycles. The van der Waals surface area contributed by atoms with Gasteiger partial charge in [0.25, 0.3) is 0 Å². The summed E-state index contributed by atoms with van der Waals surface area (Å²) in [5.74, 6) is -0.183. The van der Waals surface area contributed by atoms with Crippen LogP contribution < -0.4 is 9.80 Å². The van der Waals surface area contributed by atoms with Crippen LogP contribution in [0.25, 0.3) is 5.70 Å². The molecule has 0 aliphatic carbocycles. The second-order valence-electron chi connectivity index (χ2n) is 5.75. The lowest BCUT2D eigenvalue weighted by atomic mass is 10.0. The van der Waals surface area contributed by atoms with E-state index in [1.165, 1.54) is 13.8 Å². The van der Waals surface area contributed by atoms with Crippen molar-refractivity contribution in [1.82, 2.24) is 0 Å². The average Bonchev–Trinajstić information content (AvgIpc) is 2.62. The van der Waals surface area contributed by atoms with E-state index in [1.807, 2.05) is 30.3 Å². The molecule has 1 aliphatic heterocycles. The Hall–Kier alpha value is -3.39. The molecule has 5 nitrogen and oxygen atoms in total. The molecule has 1 heterocycles. The summed E-state index contributed by atoms with van der Waals surface area (Å²) in [6.07, 6.45) is 1.88. The van der Waals surface area contributed by atoms with Crippen molar-refractivity contribution in [3.63, 3.8) is 0 Å². The number of para-hydroxylation sites is 1. The van der Waals surface area contributed by atoms with Gasteiger partial charge >= 0.3 is 0 Å². The molecular formula is C20H17N3O2. The highest BCUT2D eigenvalue weighted by atomic mass is 16.2. The number of nitrogens with zero attached hydrogens (tertiary/aromatic N) is 3. The van der Waals surface area contributed by atoms with Crippen molar-refractivity contribution in [3.8, 4) is 6.07 Å². The number of amides is 2. The van der Waals surface area contributed by atoms with Crippen LogP contribution >= 0.6 is 0 Å². The number of hydrogen-bond donors (Lipinski definition) is 0. The molecule has 0 spiro atoms. The van der Waals surface area contributed by atoms with Crippen molar-refractivity contribution in [2.45, 2.75) is 13.8 Å². The molecule has 2 aromatic carbocycles. The molecule has 0 radical (unpaired) electrons. The van der Waals surface area contributed by atoms with Crippen LogP contribution in [0.1, 0.15) is 25.0 Å². The van der Waals surface area contributed by atoms with Gasteiger partial charge in [0, 0.05) is 31.6 Å². The number of fused-ring (bicyclic) bond motifs is 1. The SMILES string of the molecule is CC(=O)N1CC=C(N(C(C)=O)c2ccc(C#N)cc2)c2ccccc21. The highest BCUT2D eigenvalue weighted by molar-refractivity contribution is 6.08. The molecule has 25 heavy (non-hydrogen) atoms. The van der Waals surface area contributed by atoms with E-state index in [0.29, 0.717) is 17.8 Å². The molecule has 1 aliphatic rings. The lowest BCUT2D eigenvalue weighted by Crippen LogP contribution is -2.36. The van der Waals surface area contributed by atoms with Crippen LogP contribution in [0.3, 0.4) is 0 Å². The first-order valence-electron chi connectivity index (χ1n) is 7.91. The van der Waals surface area contributed by atoms with Gasteiger partial charge in [-0.1, -0.05) is 18.2 Å². The van der Waals surface area contributed by atoms with Gasteiger partial charge in [-0.05, 0) is 36.4 Å². The van der Waals surface area contributed by atoms with E-state index in [0.717, 1.165) is 16.9 Å². The smallest absolute Gasteiger partial charge is 0.228 e. The van der Waals surface area contributed by atoms with Crippen molar-refractivity contribution >= 4 is 28.9 Å². The summed E-state index contributed by atoms with van der Waals surface area (Å²) in [5, 5.41) is 8.96. The predicted octanol–water partition coefficient (Wildman–Crippen LogP) is 3.32. The predicted molar refractivity (Wildman–Crippen MR) is 96.8 cm³/mol. The summed E-state index contributed by atoms with van der Waals surface area (Å²) in [4.78, 5) is 27.5. The summed E-state index contributed by atoms with van der Waals surface area (Å²) in [6.45, 7) is 3.43. The second-order valence-corrected chi connectivity index (χ2v) is 5.75. The van der Waals surface area contributed by atoms with Crippen LogP contribution in [0.5, 0.6) is 0 Å². The number of hydrogen-bond acceptors (Lipinski definition) is 3. The zero-order valence-electron chi connectivity index (χ0n) is 14.1. The Bertz CT molecular complexity index is 907. The number of benzene rings is 2. The Morgan fingerprint density at radius 3 is 2.36 bits per heavy atom. The molecule has 3 rings (SSSR count). The number of carbonyl (C=O) groups is 2. The minimum absolute atomic E-state index is 0.0458. The number of carbonyl (C=O) groups excluding carboxylic acids is 2. The second kappa shape index (κ2) is 6.62. The topological polar surface area (TPSA) is 64.4 Å². The first-order chi connectivity index (χ1) is 12.0. The van der Waals surface area contributed by atoms with Gasteiger partial charge in [-0.15, -0.1) is 0 Å². The first kappa shape index (κ1) is 16.5. The standard InChI is InChI=1S/C20H17N3O2/c1-14(24)22-12-11-20(18-5-3-4-6-19(18)22)23(15(2)25)17-9-7-16(13-21)8-10-17/h3-11H,12H2,1-2H3. The van der Waals surface area contributed by atoms with Gasteiger partial charge in [0.2, 0.25) is 11.8 Å². The Kier molecular flexibility index (Phi) is 4.36.